The number of nitrogens with two attached hydrogens (primary N) is 1. The Morgan fingerprint density at radius 2 is 1.92 bits per heavy atom. The lowest BCUT2D eigenvalue weighted by atomic mass is 10.2. The molecule has 132 valence electrons. The van der Waals surface area contributed by atoms with Gasteiger partial charge in [-0.2, -0.15) is 11.8 Å². The lowest BCUT2D eigenvalue weighted by Gasteiger charge is -2.19. The molecule has 3 amide bonds. The Hall–Kier alpha value is -2.29. The molecule has 0 fully saturated rings. The van der Waals surface area contributed by atoms with Gasteiger partial charge in [0.05, 0.1) is 0 Å². The number of benzene rings is 1. The van der Waals surface area contributed by atoms with Crippen molar-refractivity contribution < 1.29 is 23.5 Å². The van der Waals surface area contributed by atoms with Gasteiger partial charge in [0.15, 0.2) is 6.10 Å². The van der Waals surface area contributed by atoms with Gasteiger partial charge in [-0.25, -0.2) is 14.0 Å². The molecule has 0 bridgehead atoms. The predicted molar refractivity (Wildman–Crippen MR) is 90.1 cm³/mol. The Morgan fingerprint density at radius 3 is 2.46 bits per heavy atom. The quantitative estimate of drug-likeness (QED) is 0.611. The Kier molecular flexibility index (Phi) is 8.03. The lowest BCUT2D eigenvalue weighted by molar-refractivity contribution is -0.155. The zero-order chi connectivity index (χ0) is 18.1. The summed E-state index contributed by atoms with van der Waals surface area (Å²) in [7, 11) is 0. The molecule has 0 radical (unpaired) electrons. The van der Waals surface area contributed by atoms with E-state index in [-0.39, 0.29) is 0 Å². The number of primary amides is 1. The standard InChI is InChI=1S/C15H20FN3O4S/c1-9(13(20)18-11-5-3-10(16)4-6-11)23-14(21)12(7-8-24-2)19-15(17)22/h3-6,9,12H,7-8H2,1-2H3,(H,18,20)(H3,17,19,22)/t9-,12-/m0/s1. The molecule has 0 heterocycles. The summed E-state index contributed by atoms with van der Waals surface area (Å²) in [4.78, 5) is 35.0. The number of thioether (sulfide) groups is 1. The predicted octanol–water partition coefficient (Wildman–Crippen LogP) is 1.49. The minimum Gasteiger partial charge on any atom is -0.451 e. The number of rotatable bonds is 8. The fourth-order valence-electron chi connectivity index (χ4n) is 1.74. The lowest BCUT2D eigenvalue weighted by Crippen LogP contribution is -2.46. The smallest absolute Gasteiger partial charge is 0.329 e. The topological polar surface area (TPSA) is 111 Å². The van der Waals surface area contributed by atoms with Gasteiger partial charge in [-0.05, 0) is 49.6 Å². The van der Waals surface area contributed by atoms with Crippen LogP contribution in [0.15, 0.2) is 24.3 Å². The second-order valence-electron chi connectivity index (χ2n) is 4.92. The maximum absolute atomic E-state index is 12.8. The van der Waals surface area contributed by atoms with Crippen molar-refractivity contribution >= 4 is 35.4 Å². The van der Waals surface area contributed by atoms with Crippen molar-refractivity contribution in [3.8, 4) is 0 Å². The summed E-state index contributed by atoms with van der Waals surface area (Å²) >= 11 is 1.49. The first kappa shape index (κ1) is 19.8. The van der Waals surface area contributed by atoms with Crippen LogP contribution < -0.4 is 16.4 Å². The molecule has 0 unspecified atom stereocenters. The highest BCUT2D eigenvalue weighted by Gasteiger charge is 2.25. The molecule has 0 spiro atoms. The molecular weight excluding hydrogens is 337 g/mol. The third kappa shape index (κ3) is 6.86. The normalized spacial score (nSPS) is 12.8. The van der Waals surface area contributed by atoms with E-state index in [1.165, 1.54) is 43.0 Å². The highest BCUT2D eigenvalue weighted by Crippen LogP contribution is 2.10. The molecule has 0 aliphatic heterocycles. The van der Waals surface area contributed by atoms with Crippen LogP contribution in [0.1, 0.15) is 13.3 Å². The van der Waals surface area contributed by atoms with Crippen molar-refractivity contribution in [3.63, 3.8) is 0 Å². The van der Waals surface area contributed by atoms with Crippen LogP contribution in [-0.4, -0.2) is 42.1 Å². The highest BCUT2D eigenvalue weighted by molar-refractivity contribution is 7.98. The molecule has 4 N–H and O–H groups in total. The average Bonchev–Trinajstić information content (AvgIpc) is 2.53. The van der Waals surface area contributed by atoms with Gasteiger partial charge in [-0.15, -0.1) is 0 Å². The van der Waals surface area contributed by atoms with Crippen LogP contribution in [0.3, 0.4) is 0 Å². The monoisotopic (exact) mass is 357 g/mol. The zero-order valence-corrected chi connectivity index (χ0v) is 14.2. The van der Waals surface area contributed by atoms with Crippen molar-refractivity contribution in [1.82, 2.24) is 5.32 Å². The summed E-state index contributed by atoms with van der Waals surface area (Å²) in [5.41, 5.74) is 5.41. The number of ether oxygens (including phenoxy) is 1. The van der Waals surface area contributed by atoms with E-state index in [2.05, 4.69) is 10.6 Å². The second-order valence-corrected chi connectivity index (χ2v) is 5.90. The van der Waals surface area contributed by atoms with Crippen molar-refractivity contribution in [2.24, 2.45) is 5.73 Å². The molecule has 9 heteroatoms. The summed E-state index contributed by atoms with van der Waals surface area (Å²) in [5.74, 6) is -1.14. The highest BCUT2D eigenvalue weighted by atomic mass is 32.2. The molecule has 2 atom stereocenters. The van der Waals surface area contributed by atoms with Crippen molar-refractivity contribution in [2.75, 3.05) is 17.3 Å². The average molecular weight is 357 g/mol. The first-order valence-corrected chi connectivity index (χ1v) is 8.54. The third-order valence-corrected chi connectivity index (χ3v) is 3.63. The Morgan fingerprint density at radius 1 is 1.29 bits per heavy atom. The Bertz CT molecular complexity index is 583. The largest absolute Gasteiger partial charge is 0.451 e. The van der Waals surface area contributed by atoms with E-state index in [9.17, 15) is 18.8 Å². The Labute approximate surface area is 143 Å². The van der Waals surface area contributed by atoms with E-state index in [4.69, 9.17) is 10.5 Å². The van der Waals surface area contributed by atoms with Gasteiger partial charge in [-0.3, -0.25) is 4.79 Å². The fraction of sp³-hybridized carbons (Fsp3) is 0.400. The van der Waals surface area contributed by atoms with E-state index in [0.717, 1.165) is 0 Å². The maximum Gasteiger partial charge on any atom is 0.329 e. The summed E-state index contributed by atoms with van der Waals surface area (Å²) in [5, 5.41) is 4.79. The molecule has 1 aromatic carbocycles. The molecule has 0 saturated heterocycles. The van der Waals surface area contributed by atoms with E-state index < -0.39 is 35.9 Å². The number of hydrogen-bond donors (Lipinski definition) is 3. The van der Waals surface area contributed by atoms with Gasteiger partial charge in [0.2, 0.25) is 0 Å². The molecule has 0 aromatic heterocycles. The number of halogens is 1. The summed E-state index contributed by atoms with van der Waals surface area (Å²) in [6, 6.07) is 3.40. The van der Waals surface area contributed by atoms with Gasteiger partial charge in [-0.1, -0.05) is 0 Å². The molecule has 24 heavy (non-hydrogen) atoms. The van der Waals surface area contributed by atoms with Gasteiger partial charge < -0.3 is 21.1 Å². The zero-order valence-electron chi connectivity index (χ0n) is 13.4. The first-order valence-electron chi connectivity index (χ1n) is 7.15. The number of esters is 1. The summed E-state index contributed by atoms with van der Waals surface area (Å²) in [6.07, 6.45) is 1.09. The van der Waals surface area contributed by atoms with Crippen LogP contribution in [0.25, 0.3) is 0 Å². The van der Waals surface area contributed by atoms with Crippen LogP contribution in [0.2, 0.25) is 0 Å². The van der Waals surface area contributed by atoms with Crippen LogP contribution in [0.5, 0.6) is 0 Å². The van der Waals surface area contributed by atoms with Crippen LogP contribution in [-0.2, 0) is 14.3 Å². The fourth-order valence-corrected chi connectivity index (χ4v) is 2.21. The Balaban J connectivity index is 2.60. The molecule has 0 saturated carbocycles. The number of amides is 3. The van der Waals surface area contributed by atoms with Gasteiger partial charge in [0.25, 0.3) is 5.91 Å². The molecule has 1 rings (SSSR count). The molecule has 1 aromatic rings. The van der Waals surface area contributed by atoms with Crippen molar-refractivity contribution in [2.45, 2.75) is 25.5 Å². The summed E-state index contributed by atoms with van der Waals surface area (Å²) in [6.45, 7) is 1.40. The number of carbonyl (C=O) groups excluding carboxylic acids is 3. The number of anilines is 1. The van der Waals surface area contributed by atoms with Crippen molar-refractivity contribution in [3.05, 3.63) is 30.1 Å². The number of hydrogen-bond acceptors (Lipinski definition) is 5. The summed E-state index contributed by atoms with van der Waals surface area (Å²) < 4.78 is 17.9. The van der Waals surface area contributed by atoms with Crippen LogP contribution in [0, 0.1) is 5.82 Å². The van der Waals surface area contributed by atoms with Gasteiger partial charge in [0.1, 0.15) is 11.9 Å². The van der Waals surface area contributed by atoms with Crippen LogP contribution in [0.4, 0.5) is 14.9 Å². The number of urea groups is 1. The minimum absolute atomic E-state index is 0.329. The van der Waals surface area contributed by atoms with Gasteiger partial charge in [0, 0.05) is 5.69 Å². The van der Waals surface area contributed by atoms with Crippen molar-refractivity contribution in [1.29, 1.82) is 0 Å². The van der Waals surface area contributed by atoms with E-state index in [1.807, 2.05) is 6.26 Å². The number of nitrogens with one attached hydrogen (secondary N) is 2. The first-order chi connectivity index (χ1) is 11.3. The van der Waals surface area contributed by atoms with Gasteiger partial charge >= 0.3 is 12.0 Å². The van der Waals surface area contributed by atoms with Crippen LogP contribution >= 0.6 is 11.8 Å². The van der Waals surface area contributed by atoms with E-state index in [0.29, 0.717) is 17.9 Å². The number of carbonyl (C=O) groups is 3. The molecular formula is C15H20FN3O4S. The second kappa shape index (κ2) is 9.76. The molecule has 0 aliphatic carbocycles. The third-order valence-electron chi connectivity index (χ3n) is 2.99. The molecule has 0 aliphatic rings. The SMILES string of the molecule is CSCC[C@H](NC(N)=O)C(=O)O[C@@H](C)C(=O)Nc1ccc(F)cc1. The maximum atomic E-state index is 12.8. The minimum atomic E-state index is -1.09. The van der Waals surface area contributed by atoms with E-state index >= 15 is 0 Å². The van der Waals surface area contributed by atoms with E-state index in [1.54, 1.807) is 0 Å². The molecule has 7 nitrogen and oxygen atoms in total.